The van der Waals surface area contributed by atoms with Crippen LogP contribution in [-0.4, -0.2) is 4.98 Å². The standard InChI is InChI=1S/C30H58N2/c1-4-6-8-10-12-13-14-15-16-17-18-19-20-22-24-26-29(30-31-27-28-32(30)3)25-23-21-11-9-7-5-2/h27-29H,4-26H2,1-3H3/p+1/t29-/m0/s1. The number of aryl methyl sites for hydroxylation is 1. The average molecular weight is 448 g/mol. The van der Waals surface area contributed by atoms with Gasteiger partial charge in [0, 0.05) is 0 Å². The van der Waals surface area contributed by atoms with Gasteiger partial charge in [-0.2, -0.15) is 0 Å². The lowest BCUT2D eigenvalue weighted by molar-refractivity contribution is -0.679. The van der Waals surface area contributed by atoms with Crippen molar-refractivity contribution in [3.05, 3.63) is 18.2 Å². The largest absolute Gasteiger partial charge is 0.257 e. The zero-order valence-corrected chi connectivity index (χ0v) is 22.4. The number of nitrogens with one attached hydrogen (secondary N) is 1. The summed E-state index contributed by atoms with van der Waals surface area (Å²) in [5, 5.41) is 0. The summed E-state index contributed by atoms with van der Waals surface area (Å²) in [6, 6.07) is 0. The Hall–Kier alpha value is -0.790. The lowest BCUT2D eigenvalue weighted by Crippen LogP contribution is -2.32. The van der Waals surface area contributed by atoms with Gasteiger partial charge in [0.1, 0.15) is 12.4 Å². The van der Waals surface area contributed by atoms with Gasteiger partial charge in [0.15, 0.2) is 0 Å². The van der Waals surface area contributed by atoms with Crippen molar-refractivity contribution in [3.8, 4) is 0 Å². The van der Waals surface area contributed by atoms with Crippen molar-refractivity contribution in [2.75, 3.05) is 0 Å². The highest BCUT2D eigenvalue weighted by molar-refractivity contribution is 4.89. The first-order valence-electron chi connectivity index (χ1n) is 14.8. The van der Waals surface area contributed by atoms with Crippen molar-refractivity contribution in [2.24, 2.45) is 7.05 Å². The Morgan fingerprint density at radius 3 is 1.22 bits per heavy atom. The molecule has 1 aromatic heterocycles. The zero-order chi connectivity index (χ0) is 23.1. The van der Waals surface area contributed by atoms with Crippen molar-refractivity contribution >= 4 is 0 Å². The van der Waals surface area contributed by atoms with Crippen LogP contribution >= 0.6 is 0 Å². The minimum Gasteiger partial charge on any atom is -0.247 e. The summed E-state index contributed by atoms with van der Waals surface area (Å²) >= 11 is 0. The molecule has 1 aromatic rings. The first-order valence-corrected chi connectivity index (χ1v) is 14.8. The maximum atomic E-state index is 3.53. The number of hydrogen-bond donors (Lipinski definition) is 1. The number of unbranched alkanes of at least 4 members (excludes halogenated alkanes) is 19. The minimum absolute atomic E-state index is 0.725. The normalized spacial score (nSPS) is 12.5. The molecule has 0 radical (unpaired) electrons. The summed E-state index contributed by atoms with van der Waals surface area (Å²) in [6.07, 6.45) is 37.2. The quantitative estimate of drug-likeness (QED) is 0.120. The highest BCUT2D eigenvalue weighted by Gasteiger charge is 2.20. The van der Waals surface area contributed by atoms with E-state index in [4.69, 9.17) is 0 Å². The van der Waals surface area contributed by atoms with E-state index in [9.17, 15) is 0 Å². The number of rotatable bonds is 24. The summed E-state index contributed by atoms with van der Waals surface area (Å²) in [5.41, 5.74) is 0. The Morgan fingerprint density at radius 2 is 0.906 bits per heavy atom. The number of aromatic nitrogens is 2. The van der Waals surface area contributed by atoms with E-state index in [2.05, 4.69) is 42.8 Å². The van der Waals surface area contributed by atoms with Gasteiger partial charge in [-0.1, -0.05) is 149 Å². The van der Waals surface area contributed by atoms with Crippen LogP contribution in [0.1, 0.15) is 173 Å². The van der Waals surface area contributed by atoms with Crippen LogP contribution in [0.25, 0.3) is 0 Å². The van der Waals surface area contributed by atoms with Crippen LogP contribution in [-0.2, 0) is 7.05 Å². The molecule has 0 fully saturated rings. The minimum atomic E-state index is 0.725. The molecule has 1 N–H and O–H groups in total. The van der Waals surface area contributed by atoms with Gasteiger partial charge in [-0.05, 0) is 12.8 Å². The fourth-order valence-corrected chi connectivity index (χ4v) is 5.17. The van der Waals surface area contributed by atoms with E-state index in [0.717, 1.165) is 5.92 Å². The van der Waals surface area contributed by atoms with Gasteiger partial charge >= 0.3 is 0 Å². The maximum Gasteiger partial charge on any atom is 0.257 e. The molecule has 1 heterocycles. The predicted octanol–water partition coefficient (Wildman–Crippen LogP) is 9.93. The number of imidazole rings is 1. The molecule has 0 saturated heterocycles. The van der Waals surface area contributed by atoms with E-state index in [1.54, 1.807) is 0 Å². The summed E-state index contributed by atoms with van der Waals surface area (Å²) in [5.74, 6) is 2.17. The molecule has 0 aliphatic carbocycles. The second-order valence-electron chi connectivity index (χ2n) is 10.4. The highest BCUT2D eigenvalue weighted by Crippen LogP contribution is 2.26. The van der Waals surface area contributed by atoms with Crippen molar-refractivity contribution in [1.29, 1.82) is 0 Å². The van der Waals surface area contributed by atoms with E-state index in [1.807, 2.05) is 0 Å². The van der Waals surface area contributed by atoms with Gasteiger partial charge in [0.25, 0.3) is 5.82 Å². The third kappa shape index (κ3) is 15.9. The van der Waals surface area contributed by atoms with E-state index in [1.165, 1.54) is 154 Å². The van der Waals surface area contributed by atoms with Crippen LogP contribution in [0, 0.1) is 0 Å². The molecule has 188 valence electrons. The van der Waals surface area contributed by atoms with Crippen LogP contribution < -0.4 is 4.57 Å². The molecular formula is C30H59N2+. The number of aromatic amines is 1. The predicted molar refractivity (Wildman–Crippen MR) is 142 cm³/mol. The molecule has 0 aliphatic rings. The second-order valence-corrected chi connectivity index (χ2v) is 10.4. The third-order valence-corrected chi connectivity index (χ3v) is 7.36. The molecule has 0 bridgehead atoms. The molecule has 1 atom stereocenters. The number of nitrogens with zero attached hydrogens (tertiary/aromatic N) is 1. The second kappa shape index (κ2) is 22.0. The molecule has 0 aliphatic heterocycles. The van der Waals surface area contributed by atoms with Crippen LogP contribution in [0.5, 0.6) is 0 Å². The SMILES string of the molecule is CCCCCCCCCCCCCCCCC[C@H](CCCCCCCC)c1[nH]cc[n+]1C. The molecule has 2 heteroatoms. The van der Waals surface area contributed by atoms with Gasteiger partial charge < -0.3 is 0 Å². The van der Waals surface area contributed by atoms with Crippen molar-refractivity contribution in [3.63, 3.8) is 0 Å². The van der Waals surface area contributed by atoms with Crippen molar-refractivity contribution < 1.29 is 4.57 Å². The Labute approximate surface area is 202 Å². The van der Waals surface area contributed by atoms with Gasteiger partial charge in [0.05, 0.1) is 13.0 Å². The topological polar surface area (TPSA) is 19.7 Å². The summed E-state index contributed by atoms with van der Waals surface area (Å²) in [7, 11) is 2.20. The smallest absolute Gasteiger partial charge is 0.247 e. The first kappa shape index (κ1) is 29.2. The Bertz CT molecular complexity index is 493. The highest BCUT2D eigenvalue weighted by atomic mass is 15.0. The molecule has 2 nitrogen and oxygen atoms in total. The van der Waals surface area contributed by atoms with Gasteiger partial charge in [-0.25, -0.2) is 9.55 Å². The van der Waals surface area contributed by atoms with E-state index >= 15 is 0 Å². The van der Waals surface area contributed by atoms with Gasteiger partial charge in [-0.3, -0.25) is 0 Å². The first-order chi connectivity index (χ1) is 15.8. The molecule has 0 saturated carbocycles. The fourth-order valence-electron chi connectivity index (χ4n) is 5.17. The fraction of sp³-hybridized carbons (Fsp3) is 0.900. The molecule has 32 heavy (non-hydrogen) atoms. The average Bonchev–Trinajstić information content (AvgIpc) is 3.23. The molecule has 0 spiro atoms. The third-order valence-electron chi connectivity index (χ3n) is 7.36. The summed E-state index contributed by atoms with van der Waals surface area (Å²) < 4.78 is 2.31. The molecule has 0 unspecified atom stereocenters. The maximum absolute atomic E-state index is 3.53. The van der Waals surface area contributed by atoms with Crippen LogP contribution in [0.15, 0.2) is 12.4 Å². The van der Waals surface area contributed by atoms with Crippen LogP contribution in [0.3, 0.4) is 0 Å². The zero-order valence-electron chi connectivity index (χ0n) is 22.4. The van der Waals surface area contributed by atoms with Gasteiger partial charge in [0.2, 0.25) is 0 Å². The molecule has 0 amide bonds. The molecule has 1 rings (SSSR count). The van der Waals surface area contributed by atoms with E-state index < -0.39 is 0 Å². The Balaban J connectivity index is 2.01. The monoisotopic (exact) mass is 447 g/mol. The Morgan fingerprint density at radius 1 is 0.562 bits per heavy atom. The van der Waals surface area contributed by atoms with Crippen molar-refractivity contribution in [2.45, 2.75) is 167 Å². The van der Waals surface area contributed by atoms with Crippen LogP contribution in [0.4, 0.5) is 0 Å². The number of hydrogen-bond acceptors (Lipinski definition) is 0. The summed E-state index contributed by atoms with van der Waals surface area (Å²) in [6.45, 7) is 4.61. The lowest BCUT2D eigenvalue weighted by Gasteiger charge is -2.13. The molecular weight excluding hydrogens is 388 g/mol. The number of H-pyrrole nitrogens is 1. The molecule has 0 aromatic carbocycles. The van der Waals surface area contributed by atoms with Crippen molar-refractivity contribution in [1.82, 2.24) is 4.98 Å². The van der Waals surface area contributed by atoms with Crippen LogP contribution in [0.2, 0.25) is 0 Å². The lowest BCUT2D eigenvalue weighted by atomic mass is 9.93. The van der Waals surface area contributed by atoms with E-state index in [0.29, 0.717) is 0 Å². The Kier molecular flexibility index (Phi) is 20.1. The van der Waals surface area contributed by atoms with E-state index in [-0.39, 0.29) is 0 Å². The van der Waals surface area contributed by atoms with Gasteiger partial charge in [-0.15, -0.1) is 0 Å². The summed E-state index contributed by atoms with van der Waals surface area (Å²) in [4.78, 5) is 3.53.